The minimum atomic E-state index is -0.0633. The van der Waals surface area contributed by atoms with Gasteiger partial charge in [-0.2, -0.15) is 0 Å². The highest BCUT2D eigenvalue weighted by Crippen LogP contribution is 2.20. The number of para-hydroxylation sites is 2. The molecular weight excluding hydrogens is 490 g/mol. The van der Waals surface area contributed by atoms with Crippen molar-refractivity contribution in [3.63, 3.8) is 0 Å². The Morgan fingerprint density at radius 2 is 1.85 bits per heavy atom. The summed E-state index contributed by atoms with van der Waals surface area (Å²) in [6.07, 6.45) is 1.58. The smallest absolute Gasteiger partial charge is 0.251 e. The SMILES string of the molecule is CC(C)c1ccc(OCCn2c(CCCNC(=O)c3cccc(Br)c3)nc3ccccc32)cc1. The molecule has 1 N–H and O–H groups in total. The molecule has 0 atom stereocenters. The number of benzene rings is 3. The standard InChI is InChI=1S/C28H30BrN3O2/c1-20(2)21-12-14-24(15-13-21)34-18-17-32-26-10-4-3-9-25(26)31-27(32)11-6-16-30-28(33)22-7-5-8-23(29)19-22/h3-5,7-10,12-15,19-20H,6,11,16-18H2,1-2H3,(H,30,33). The first-order valence-electron chi connectivity index (χ1n) is 11.7. The van der Waals surface area contributed by atoms with E-state index in [9.17, 15) is 4.79 Å². The summed E-state index contributed by atoms with van der Waals surface area (Å²) in [6, 6.07) is 23.9. The molecule has 0 aliphatic rings. The number of nitrogens with one attached hydrogen (secondary N) is 1. The highest BCUT2D eigenvalue weighted by Gasteiger charge is 2.11. The Hall–Kier alpha value is -3.12. The van der Waals surface area contributed by atoms with Gasteiger partial charge in [-0.15, -0.1) is 0 Å². The number of hydrogen-bond donors (Lipinski definition) is 1. The van der Waals surface area contributed by atoms with Crippen LogP contribution in [0.2, 0.25) is 0 Å². The lowest BCUT2D eigenvalue weighted by molar-refractivity contribution is 0.0953. The Balaban J connectivity index is 1.35. The Kier molecular flexibility index (Phi) is 8.01. The monoisotopic (exact) mass is 519 g/mol. The Labute approximate surface area is 209 Å². The van der Waals surface area contributed by atoms with Gasteiger partial charge in [-0.05, 0) is 60.4 Å². The maximum Gasteiger partial charge on any atom is 0.251 e. The third-order valence-electron chi connectivity index (χ3n) is 5.81. The van der Waals surface area contributed by atoms with Crippen LogP contribution < -0.4 is 10.1 Å². The van der Waals surface area contributed by atoms with Crippen molar-refractivity contribution in [3.8, 4) is 5.75 Å². The third kappa shape index (κ3) is 6.06. The van der Waals surface area contributed by atoms with Crippen molar-refractivity contribution in [2.45, 2.75) is 39.2 Å². The minimum Gasteiger partial charge on any atom is -0.492 e. The van der Waals surface area contributed by atoms with Crippen molar-refractivity contribution in [1.29, 1.82) is 0 Å². The third-order valence-corrected chi connectivity index (χ3v) is 6.31. The van der Waals surface area contributed by atoms with E-state index in [0.29, 0.717) is 31.2 Å². The van der Waals surface area contributed by atoms with E-state index in [0.717, 1.165) is 39.9 Å². The van der Waals surface area contributed by atoms with Gasteiger partial charge in [0.2, 0.25) is 0 Å². The van der Waals surface area contributed by atoms with Crippen molar-refractivity contribution < 1.29 is 9.53 Å². The van der Waals surface area contributed by atoms with E-state index in [4.69, 9.17) is 9.72 Å². The van der Waals surface area contributed by atoms with Crippen LogP contribution in [0.3, 0.4) is 0 Å². The topological polar surface area (TPSA) is 56.1 Å². The van der Waals surface area contributed by atoms with Gasteiger partial charge < -0.3 is 14.6 Å². The Morgan fingerprint density at radius 3 is 2.62 bits per heavy atom. The van der Waals surface area contributed by atoms with Crippen LogP contribution in [0, 0.1) is 0 Å². The fraction of sp³-hybridized carbons (Fsp3) is 0.286. The molecule has 6 heteroatoms. The van der Waals surface area contributed by atoms with Crippen LogP contribution in [-0.4, -0.2) is 28.6 Å². The number of nitrogens with zero attached hydrogens (tertiary/aromatic N) is 2. The summed E-state index contributed by atoms with van der Waals surface area (Å²) in [4.78, 5) is 17.2. The quantitative estimate of drug-likeness (QED) is 0.248. The molecule has 1 heterocycles. The Morgan fingerprint density at radius 1 is 1.06 bits per heavy atom. The van der Waals surface area contributed by atoms with E-state index < -0.39 is 0 Å². The highest BCUT2D eigenvalue weighted by atomic mass is 79.9. The van der Waals surface area contributed by atoms with Crippen LogP contribution in [0.5, 0.6) is 5.75 Å². The molecule has 1 amide bonds. The average molecular weight is 520 g/mol. The second-order valence-electron chi connectivity index (χ2n) is 8.61. The molecule has 0 radical (unpaired) electrons. The maximum absolute atomic E-state index is 12.4. The summed E-state index contributed by atoms with van der Waals surface area (Å²) in [5.74, 6) is 2.34. The molecule has 4 aromatic rings. The van der Waals surface area contributed by atoms with Gasteiger partial charge in [0.25, 0.3) is 5.91 Å². The summed E-state index contributed by atoms with van der Waals surface area (Å²) in [6.45, 7) is 6.24. The molecule has 0 spiro atoms. The van der Waals surface area contributed by atoms with Crippen LogP contribution >= 0.6 is 15.9 Å². The van der Waals surface area contributed by atoms with Crippen LogP contribution in [-0.2, 0) is 13.0 Å². The first-order chi connectivity index (χ1) is 16.5. The number of halogens is 1. The summed E-state index contributed by atoms with van der Waals surface area (Å²) in [5, 5.41) is 3.01. The number of ether oxygens (including phenoxy) is 1. The summed E-state index contributed by atoms with van der Waals surface area (Å²) < 4.78 is 9.15. The zero-order chi connectivity index (χ0) is 23.9. The molecule has 34 heavy (non-hydrogen) atoms. The normalized spacial score (nSPS) is 11.2. The van der Waals surface area contributed by atoms with Gasteiger partial charge in [0.15, 0.2) is 0 Å². The fourth-order valence-corrected chi connectivity index (χ4v) is 4.35. The Bertz CT molecular complexity index is 1250. The van der Waals surface area contributed by atoms with Gasteiger partial charge in [0, 0.05) is 23.0 Å². The molecule has 3 aromatic carbocycles. The number of amides is 1. The summed E-state index contributed by atoms with van der Waals surface area (Å²) in [7, 11) is 0. The molecule has 0 saturated heterocycles. The minimum absolute atomic E-state index is 0.0633. The zero-order valence-corrected chi connectivity index (χ0v) is 21.2. The first kappa shape index (κ1) is 24.0. The van der Waals surface area contributed by atoms with Gasteiger partial charge in [-0.25, -0.2) is 4.98 Å². The van der Waals surface area contributed by atoms with E-state index in [-0.39, 0.29) is 5.91 Å². The van der Waals surface area contributed by atoms with Crippen LogP contribution in [0.25, 0.3) is 11.0 Å². The zero-order valence-electron chi connectivity index (χ0n) is 19.6. The van der Waals surface area contributed by atoms with Crippen LogP contribution in [0.1, 0.15) is 47.9 Å². The molecule has 0 unspecified atom stereocenters. The predicted molar refractivity (Wildman–Crippen MR) is 141 cm³/mol. The van der Waals surface area contributed by atoms with Gasteiger partial charge in [-0.3, -0.25) is 4.79 Å². The molecule has 176 valence electrons. The van der Waals surface area contributed by atoms with Crippen molar-refractivity contribution in [2.75, 3.05) is 13.2 Å². The average Bonchev–Trinajstić information content (AvgIpc) is 3.19. The molecule has 0 aliphatic heterocycles. The number of fused-ring (bicyclic) bond motifs is 1. The molecule has 4 rings (SSSR count). The summed E-state index contributed by atoms with van der Waals surface area (Å²) in [5.41, 5.74) is 4.05. The highest BCUT2D eigenvalue weighted by molar-refractivity contribution is 9.10. The lowest BCUT2D eigenvalue weighted by Gasteiger charge is -2.12. The van der Waals surface area contributed by atoms with E-state index in [1.807, 2.05) is 54.6 Å². The molecule has 1 aromatic heterocycles. The molecule has 0 fully saturated rings. The predicted octanol–water partition coefficient (Wildman–Crippen LogP) is 6.36. The molecule has 0 aliphatic carbocycles. The van der Waals surface area contributed by atoms with Crippen molar-refractivity contribution in [1.82, 2.24) is 14.9 Å². The number of carbonyl (C=O) groups is 1. The number of hydrogen-bond acceptors (Lipinski definition) is 3. The van der Waals surface area contributed by atoms with Crippen LogP contribution in [0.15, 0.2) is 77.3 Å². The van der Waals surface area contributed by atoms with E-state index in [2.05, 4.69) is 57.9 Å². The fourth-order valence-electron chi connectivity index (χ4n) is 3.95. The van der Waals surface area contributed by atoms with Crippen molar-refractivity contribution in [2.24, 2.45) is 0 Å². The van der Waals surface area contributed by atoms with Crippen LogP contribution in [0.4, 0.5) is 0 Å². The lowest BCUT2D eigenvalue weighted by atomic mass is 10.0. The molecular formula is C28H30BrN3O2. The number of rotatable bonds is 10. The van der Waals surface area contributed by atoms with Gasteiger partial charge >= 0.3 is 0 Å². The van der Waals surface area contributed by atoms with E-state index >= 15 is 0 Å². The number of carbonyl (C=O) groups excluding carboxylic acids is 1. The van der Waals surface area contributed by atoms with Gasteiger partial charge in [0.1, 0.15) is 18.2 Å². The van der Waals surface area contributed by atoms with E-state index in [1.165, 1.54) is 5.56 Å². The first-order valence-corrected chi connectivity index (χ1v) is 12.5. The van der Waals surface area contributed by atoms with Crippen molar-refractivity contribution in [3.05, 3.63) is 94.2 Å². The maximum atomic E-state index is 12.4. The van der Waals surface area contributed by atoms with Gasteiger partial charge in [-0.1, -0.05) is 60.1 Å². The molecule has 0 bridgehead atoms. The van der Waals surface area contributed by atoms with Crippen molar-refractivity contribution >= 4 is 32.9 Å². The van der Waals surface area contributed by atoms with Gasteiger partial charge in [0.05, 0.1) is 17.6 Å². The molecule has 0 saturated carbocycles. The number of aryl methyl sites for hydroxylation is 1. The molecule has 5 nitrogen and oxygen atoms in total. The largest absolute Gasteiger partial charge is 0.492 e. The number of imidazole rings is 1. The summed E-state index contributed by atoms with van der Waals surface area (Å²) >= 11 is 3.41. The lowest BCUT2D eigenvalue weighted by Crippen LogP contribution is -2.25. The van der Waals surface area contributed by atoms with E-state index in [1.54, 1.807) is 0 Å². The number of aromatic nitrogens is 2. The second kappa shape index (κ2) is 11.3. The second-order valence-corrected chi connectivity index (χ2v) is 9.53.